The van der Waals surface area contributed by atoms with Crippen LogP contribution in [-0.2, 0) is 4.79 Å². The van der Waals surface area contributed by atoms with Crippen molar-refractivity contribution in [1.82, 2.24) is 4.98 Å². The van der Waals surface area contributed by atoms with Crippen LogP contribution >= 0.6 is 11.3 Å². The summed E-state index contributed by atoms with van der Waals surface area (Å²) < 4.78 is 0. The van der Waals surface area contributed by atoms with Gasteiger partial charge in [0.05, 0.1) is 10.7 Å². The third-order valence-electron chi connectivity index (χ3n) is 2.31. The number of aromatic nitrogens is 1. The van der Waals surface area contributed by atoms with Gasteiger partial charge in [-0.2, -0.15) is 0 Å². The number of hydrogen-bond donors (Lipinski definition) is 1. The number of thiazole rings is 1. The molecule has 0 aliphatic heterocycles. The summed E-state index contributed by atoms with van der Waals surface area (Å²) in [6.07, 6.45) is 2.07. The largest absolute Gasteiger partial charge is 0.481 e. The first-order valence-corrected chi connectivity index (χ1v) is 5.21. The molecule has 1 aromatic rings. The molecule has 1 saturated carbocycles. The van der Waals surface area contributed by atoms with Crippen molar-refractivity contribution in [2.45, 2.75) is 25.7 Å². The number of nitrogens with zero attached hydrogens (tertiary/aromatic N) is 1. The maximum atomic E-state index is 11.0. The van der Waals surface area contributed by atoms with E-state index in [1.807, 2.05) is 12.3 Å². The molecule has 2 rings (SSSR count). The average molecular weight is 197 g/mol. The van der Waals surface area contributed by atoms with E-state index in [0.717, 1.165) is 23.5 Å². The molecular weight excluding hydrogens is 186 g/mol. The Morgan fingerprint density at radius 1 is 1.77 bits per heavy atom. The van der Waals surface area contributed by atoms with Crippen molar-refractivity contribution >= 4 is 17.3 Å². The first-order chi connectivity index (χ1) is 6.18. The minimum Gasteiger partial charge on any atom is -0.481 e. The Morgan fingerprint density at radius 2 is 2.46 bits per heavy atom. The van der Waals surface area contributed by atoms with Crippen LogP contribution in [0.25, 0.3) is 0 Å². The SMILES string of the molecule is Cc1nc(C(C(=O)O)C2CC2)cs1. The lowest BCUT2D eigenvalue weighted by molar-refractivity contribution is -0.139. The molecule has 1 N–H and O–H groups in total. The number of rotatable bonds is 3. The first kappa shape index (κ1) is 8.69. The van der Waals surface area contributed by atoms with Crippen molar-refractivity contribution in [2.75, 3.05) is 0 Å². The molecule has 3 nitrogen and oxygen atoms in total. The lowest BCUT2D eigenvalue weighted by Gasteiger charge is -2.06. The van der Waals surface area contributed by atoms with Gasteiger partial charge in [0, 0.05) is 5.38 Å². The van der Waals surface area contributed by atoms with Crippen LogP contribution in [0.2, 0.25) is 0 Å². The normalized spacial score (nSPS) is 18.5. The van der Waals surface area contributed by atoms with E-state index in [-0.39, 0.29) is 5.92 Å². The second-order valence-electron chi connectivity index (χ2n) is 3.44. The molecular formula is C9H11NO2S. The van der Waals surface area contributed by atoms with Crippen LogP contribution in [0.15, 0.2) is 5.38 Å². The number of carboxylic acids is 1. The zero-order valence-corrected chi connectivity index (χ0v) is 8.17. The highest BCUT2D eigenvalue weighted by Gasteiger charge is 2.38. The number of aliphatic carboxylic acids is 1. The molecule has 0 bridgehead atoms. The average Bonchev–Trinajstić information content (AvgIpc) is 2.76. The van der Waals surface area contributed by atoms with Crippen LogP contribution in [0, 0.1) is 12.8 Å². The standard InChI is InChI=1S/C9H11NO2S/c1-5-10-7(4-13-5)8(9(11)12)6-2-3-6/h4,6,8H,2-3H2,1H3,(H,11,12). The first-order valence-electron chi connectivity index (χ1n) is 4.33. The topological polar surface area (TPSA) is 50.2 Å². The van der Waals surface area contributed by atoms with Gasteiger partial charge in [0.2, 0.25) is 0 Å². The number of aryl methyl sites for hydroxylation is 1. The molecule has 70 valence electrons. The lowest BCUT2D eigenvalue weighted by atomic mass is 10.0. The Balaban J connectivity index is 2.24. The molecule has 0 spiro atoms. The van der Waals surface area contributed by atoms with Gasteiger partial charge in [-0.3, -0.25) is 4.79 Å². The molecule has 1 aromatic heterocycles. The van der Waals surface area contributed by atoms with Crippen molar-refractivity contribution < 1.29 is 9.90 Å². The Bertz CT molecular complexity index is 330. The molecule has 0 saturated heterocycles. The fourth-order valence-corrected chi connectivity index (χ4v) is 2.17. The fourth-order valence-electron chi connectivity index (χ4n) is 1.52. The number of carbonyl (C=O) groups is 1. The van der Waals surface area contributed by atoms with E-state index in [4.69, 9.17) is 5.11 Å². The molecule has 0 amide bonds. The molecule has 1 aliphatic rings. The molecule has 1 atom stereocenters. The van der Waals surface area contributed by atoms with Crippen molar-refractivity contribution in [3.05, 3.63) is 16.1 Å². The van der Waals surface area contributed by atoms with Crippen molar-refractivity contribution in [2.24, 2.45) is 5.92 Å². The predicted octanol–water partition coefficient (Wildman–Crippen LogP) is 2.03. The van der Waals surface area contributed by atoms with Gasteiger partial charge in [-0.25, -0.2) is 4.98 Å². The minimum absolute atomic E-state index is 0.332. The second-order valence-corrected chi connectivity index (χ2v) is 4.51. The molecule has 1 fully saturated rings. The van der Waals surface area contributed by atoms with Crippen LogP contribution < -0.4 is 0 Å². The van der Waals surface area contributed by atoms with Crippen molar-refractivity contribution in [1.29, 1.82) is 0 Å². The highest BCUT2D eigenvalue weighted by atomic mass is 32.1. The third kappa shape index (κ3) is 1.72. The van der Waals surface area contributed by atoms with Crippen molar-refractivity contribution in [3.63, 3.8) is 0 Å². The number of carboxylic acid groups (broad SMARTS) is 1. The van der Waals surface area contributed by atoms with Crippen LogP contribution in [0.3, 0.4) is 0 Å². The molecule has 0 aromatic carbocycles. The van der Waals surface area contributed by atoms with E-state index >= 15 is 0 Å². The van der Waals surface area contributed by atoms with Crippen molar-refractivity contribution in [3.8, 4) is 0 Å². The Labute approximate surface area is 80.4 Å². The fraction of sp³-hybridized carbons (Fsp3) is 0.556. The third-order valence-corrected chi connectivity index (χ3v) is 3.11. The van der Waals surface area contributed by atoms with Crippen LogP contribution in [0.5, 0.6) is 0 Å². The van der Waals surface area contributed by atoms with E-state index in [0.29, 0.717) is 5.92 Å². The van der Waals surface area contributed by atoms with Gasteiger partial charge in [-0.05, 0) is 25.7 Å². The Morgan fingerprint density at radius 3 is 2.85 bits per heavy atom. The van der Waals surface area contributed by atoms with Gasteiger partial charge < -0.3 is 5.11 Å². The van der Waals surface area contributed by atoms with Crippen LogP contribution in [0.1, 0.15) is 29.5 Å². The molecule has 0 radical (unpaired) electrons. The van der Waals surface area contributed by atoms with E-state index in [2.05, 4.69) is 4.98 Å². The zero-order valence-electron chi connectivity index (χ0n) is 7.36. The van der Waals surface area contributed by atoms with E-state index in [1.54, 1.807) is 0 Å². The highest BCUT2D eigenvalue weighted by molar-refractivity contribution is 7.09. The zero-order chi connectivity index (χ0) is 9.42. The molecule has 13 heavy (non-hydrogen) atoms. The van der Waals surface area contributed by atoms with Gasteiger partial charge in [0.15, 0.2) is 0 Å². The second kappa shape index (κ2) is 3.10. The van der Waals surface area contributed by atoms with E-state index < -0.39 is 5.97 Å². The summed E-state index contributed by atoms with van der Waals surface area (Å²) in [5.41, 5.74) is 0.748. The highest BCUT2D eigenvalue weighted by Crippen LogP contribution is 2.42. The van der Waals surface area contributed by atoms with Gasteiger partial charge in [0.1, 0.15) is 5.92 Å². The van der Waals surface area contributed by atoms with Crippen LogP contribution in [-0.4, -0.2) is 16.1 Å². The van der Waals surface area contributed by atoms with Gasteiger partial charge in [-0.15, -0.1) is 11.3 Å². The van der Waals surface area contributed by atoms with Gasteiger partial charge >= 0.3 is 5.97 Å². The van der Waals surface area contributed by atoms with E-state index in [1.165, 1.54) is 11.3 Å². The summed E-state index contributed by atoms with van der Waals surface area (Å²) in [4.78, 5) is 15.2. The lowest BCUT2D eigenvalue weighted by Crippen LogP contribution is -2.13. The molecule has 1 unspecified atom stereocenters. The van der Waals surface area contributed by atoms with Gasteiger partial charge in [0.25, 0.3) is 0 Å². The van der Waals surface area contributed by atoms with Crippen LogP contribution in [0.4, 0.5) is 0 Å². The summed E-state index contributed by atoms with van der Waals surface area (Å²) in [7, 11) is 0. The Kier molecular flexibility index (Phi) is 2.07. The quantitative estimate of drug-likeness (QED) is 0.806. The summed E-state index contributed by atoms with van der Waals surface area (Å²) in [6, 6.07) is 0. The maximum absolute atomic E-state index is 11.0. The predicted molar refractivity (Wildman–Crippen MR) is 50.0 cm³/mol. The summed E-state index contributed by atoms with van der Waals surface area (Å²) in [6.45, 7) is 1.90. The summed E-state index contributed by atoms with van der Waals surface area (Å²) in [5.74, 6) is -0.753. The summed E-state index contributed by atoms with van der Waals surface area (Å²) >= 11 is 1.52. The monoisotopic (exact) mass is 197 g/mol. The maximum Gasteiger partial charge on any atom is 0.312 e. The van der Waals surface area contributed by atoms with E-state index in [9.17, 15) is 4.79 Å². The molecule has 1 aliphatic carbocycles. The summed E-state index contributed by atoms with van der Waals surface area (Å²) in [5, 5.41) is 11.8. The molecule has 4 heteroatoms. The Hall–Kier alpha value is -0.900. The molecule has 1 heterocycles. The van der Waals surface area contributed by atoms with Gasteiger partial charge in [-0.1, -0.05) is 0 Å². The smallest absolute Gasteiger partial charge is 0.312 e. The minimum atomic E-state index is -0.729. The number of hydrogen-bond acceptors (Lipinski definition) is 3.